The quantitative estimate of drug-likeness (QED) is 0.807. The fourth-order valence-electron chi connectivity index (χ4n) is 2.23. The second-order valence-corrected chi connectivity index (χ2v) is 6.58. The Morgan fingerprint density at radius 3 is 2.59 bits per heavy atom. The molecule has 1 saturated heterocycles. The van der Waals surface area contributed by atoms with Crippen LogP contribution in [0, 0.1) is 5.92 Å². The number of hydrogen-bond donors (Lipinski definition) is 1. The largest absolute Gasteiger partial charge is 0.312 e. The molecule has 1 aliphatic heterocycles. The van der Waals surface area contributed by atoms with Crippen LogP contribution in [0.4, 0.5) is 8.78 Å². The predicted molar refractivity (Wildman–Crippen MR) is 62.6 cm³/mol. The van der Waals surface area contributed by atoms with Gasteiger partial charge in [0, 0.05) is 13.1 Å². The van der Waals surface area contributed by atoms with Crippen LogP contribution in [0.3, 0.4) is 0 Å². The van der Waals surface area contributed by atoms with Crippen molar-refractivity contribution in [3.05, 3.63) is 0 Å². The zero-order chi connectivity index (χ0) is 13.1. The first-order valence-electron chi connectivity index (χ1n) is 5.75. The fourth-order valence-corrected chi connectivity index (χ4v) is 3.17. The lowest BCUT2D eigenvalue weighted by molar-refractivity contribution is 0.0827. The van der Waals surface area contributed by atoms with Crippen molar-refractivity contribution in [2.24, 2.45) is 5.92 Å². The van der Waals surface area contributed by atoms with Gasteiger partial charge in [-0.1, -0.05) is 0 Å². The Hall–Kier alpha value is -0.270. The molecule has 0 amide bonds. The Morgan fingerprint density at radius 2 is 2.12 bits per heavy atom. The molecule has 0 aromatic rings. The summed E-state index contributed by atoms with van der Waals surface area (Å²) < 4.78 is 49.3. The van der Waals surface area contributed by atoms with Gasteiger partial charge in [0.05, 0.1) is 12.3 Å². The number of rotatable bonds is 5. The van der Waals surface area contributed by atoms with Crippen molar-refractivity contribution in [1.82, 2.24) is 9.62 Å². The first-order chi connectivity index (χ1) is 7.84. The van der Waals surface area contributed by atoms with E-state index in [9.17, 15) is 17.2 Å². The van der Waals surface area contributed by atoms with Crippen molar-refractivity contribution in [1.29, 1.82) is 0 Å². The maximum Gasteiger partial charge on any atom is 0.253 e. The maximum absolute atomic E-state index is 12.6. The minimum absolute atomic E-state index is 0.0184. The maximum atomic E-state index is 12.6. The lowest BCUT2D eigenvalue weighted by Gasteiger charge is -2.32. The molecule has 0 saturated carbocycles. The predicted octanol–water partition coefficient (Wildman–Crippen LogP) is 0.901. The summed E-state index contributed by atoms with van der Waals surface area (Å²) in [6.07, 6.45) is 0.639. The van der Waals surface area contributed by atoms with Crippen molar-refractivity contribution < 1.29 is 17.2 Å². The first-order valence-corrected chi connectivity index (χ1v) is 7.60. The highest BCUT2D eigenvalue weighted by Gasteiger charge is 2.29. The van der Waals surface area contributed by atoms with Crippen LogP contribution < -0.4 is 5.32 Å². The summed E-state index contributed by atoms with van der Waals surface area (Å²) in [4.78, 5) is 0. The second-order valence-electron chi connectivity index (χ2n) is 4.59. The Kier molecular flexibility index (Phi) is 5.27. The van der Waals surface area contributed by atoms with E-state index in [0.29, 0.717) is 19.5 Å². The average molecular weight is 270 g/mol. The van der Waals surface area contributed by atoms with Crippen molar-refractivity contribution in [2.75, 3.05) is 26.4 Å². The molecule has 4 nitrogen and oxygen atoms in total. The number of nitrogens with zero attached hydrogens (tertiary/aromatic N) is 1. The summed E-state index contributed by atoms with van der Waals surface area (Å²) in [5.74, 6) is 0.0184. The fraction of sp³-hybridized carbons (Fsp3) is 1.00. The summed E-state index contributed by atoms with van der Waals surface area (Å²) in [7, 11) is -1.69. The van der Waals surface area contributed by atoms with E-state index in [1.165, 1.54) is 11.4 Å². The van der Waals surface area contributed by atoms with Crippen LogP contribution >= 0.6 is 0 Å². The Bertz CT molecular complexity index is 335. The SMILES string of the molecule is CNC(CC1CCCN(S(C)(=O)=O)C1)C(F)F. The van der Waals surface area contributed by atoms with Gasteiger partial charge < -0.3 is 5.32 Å². The van der Waals surface area contributed by atoms with Crippen LogP contribution in [0.25, 0.3) is 0 Å². The van der Waals surface area contributed by atoms with Gasteiger partial charge in [-0.2, -0.15) is 0 Å². The van der Waals surface area contributed by atoms with Gasteiger partial charge in [-0.05, 0) is 32.2 Å². The number of nitrogens with one attached hydrogen (secondary N) is 1. The van der Waals surface area contributed by atoms with Gasteiger partial charge in [0.15, 0.2) is 0 Å². The zero-order valence-corrected chi connectivity index (χ0v) is 11.0. The number of alkyl halides is 2. The molecule has 2 atom stereocenters. The molecular weight excluding hydrogens is 250 g/mol. The van der Waals surface area contributed by atoms with Gasteiger partial charge in [-0.25, -0.2) is 21.5 Å². The molecule has 0 aliphatic carbocycles. The highest BCUT2D eigenvalue weighted by molar-refractivity contribution is 7.88. The van der Waals surface area contributed by atoms with E-state index in [2.05, 4.69) is 5.32 Å². The van der Waals surface area contributed by atoms with Crippen molar-refractivity contribution in [3.8, 4) is 0 Å². The van der Waals surface area contributed by atoms with E-state index in [1.807, 2.05) is 0 Å². The third-order valence-corrected chi connectivity index (χ3v) is 4.48. The smallest absolute Gasteiger partial charge is 0.253 e. The molecule has 1 aliphatic rings. The van der Waals surface area contributed by atoms with Crippen molar-refractivity contribution in [3.63, 3.8) is 0 Å². The molecule has 102 valence electrons. The summed E-state index contributed by atoms with van der Waals surface area (Å²) in [6.45, 7) is 0.873. The molecule has 1 N–H and O–H groups in total. The molecule has 1 rings (SSSR count). The van der Waals surface area contributed by atoms with Gasteiger partial charge in [-0.15, -0.1) is 0 Å². The van der Waals surface area contributed by atoms with E-state index in [-0.39, 0.29) is 5.92 Å². The zero-order valence-electron chi connectivity index (χ0n) is 10.2. The van der Waals surface area contributed by atoms with E-state index in [4.69, 9.17) is 0 Å². The monoisotopic (exact) mass is 270 g/mol. The summed E-state index contributed by atoms with van der Waals surface area (Å²) >= 11 is 0. The molecule has 0 aromatic heterocycles. The van der Waals surface area contributed by atoms with Gasteiger partial charge in [0.1, 0.15) is 0 Å². The number of halogens is 2. The van der Waals surface area contributed by atoms with Crippen LogP contribution in [-0.2, 0) is 10.0 Å². The second kappa shape index (κ2) is 6.06. The highest BCUT2D eigenvalue weighted by Crippen LogP contribution is 2.24. The van der Waals surface area contributed by atoms with Crippen LogP contribution in [0.5, 0.6) is 0 Å². The number of sulfonamides is 1. The normalized spacial score (nSPS) is 25.1. The van der Waals surface area contributed by atoms with Crippen LogP contribution in [0.1, 0.15) is 19.3 Å². The van der Waals surface area contributed by atoms with E-state index < -0.39 is 22.5 Å². The summed E-state index contributed by atoms with van der Waals surface area (Å²) in [5, 5.41) is 2.58. The summed E-state index contributed by atoms with van der Waals surface area (Å²) in [5.41, 5.74) is 0. The van der Waals surface area contributed by atoms with Gasteiger partial charge >= 0.3 is 0 Å². The molecule has 1 heterocycles. The lowest BCUT2D eigenvalue weighted by atomic mass is 9.92. The standard InChI is InChI=1S/C10H20F2N2O2S/c1-13-9(10(11)12)6-8-4-3-5-14(7-8)17(2,15)16/h8-10,13H,3-7H2,1-2H3. The Balaban J connectivity index is 2.55. The first kappa shape index (κ1) is 14.8. The van der Waals surface area contributed by atoms with E-state index in [0.717, 1.165) is 19.1 Å². The molecule has 0 aromatic carbocycles. The highest BCUT2D eigenvalue weighted by atomic mass is 32.2. The number of piperidine rings is 1. The molecule has 2 unspecified atom stereocenters. The van der Waals surface area contributed by atoms with Crippen molar-refractivity contribution in [2.45, 2.75) is 31.7 Å². The van der Waals surface area contributed by atoms with Crippen LogP contribution in [-0.4, -0.2) is 51.6 Å². The molecule has 1 fully saturated rings. The Morgan fingerprint density at radius 1 is 1.47 bits per heavy atom. The Labute approximate surface area is 101 Å². The third-order valence-electron chi connectivity index (χ3n) is 3.21. The minimum Gasteiger partial charge on any atom is -0.312 e. The van der Waals surface area contributed by atoms with E-state index in [1.54, 1.807) is 0 Å². The summed E-state index contributed by atoms with van der Waals surface area (Å²) in [6, 6.07) is -0.848. The molecule has 17 heavy (non-hydrogen) atoms. The van der Waals surface area contributed by atoms with Crippen LogP contribution in [0.15, 0.2) is 0 Å². The number of hydrogen-bond acceptors (Lipinski definition) is 3. The average Bonchev–Trinajstić information content (AvgIpc) is 2.24. The van der Waals surface area contributed by atoms with Gasteiger partial charge in [-0.3, -0.25) is 0 Å². The topological polar surface area (TPSA) is 49.4 Å². The van der Waals surface area contributed by atoms with E-state index >= 15 is 0 Å². The molecule has 0 bridgehead atoms. The molecule has 0 radical (unpaired) electrons. The molecule has 7 heteroatoms. The molecular formula is C10H20F2N2O2S. The molecule has 0 spiro atoms. The van der Waals surface area contributed by atoms with Crippen molar-refractivity contribution >= 4 is 10.0 Å². The minimum atomic E-state index is -3.20. The van der Waals surface area contributed by atoms with Gasteiger partial charge in [0.25, 0.3) is 6.43 Å². The third kappa shape index (κ3) is 4.48. The lowest BCUT2D eigenvalue weighted by Crippen LogP contribution is -2.43. The van der Waals surface area contributed by atoms with Crippen LogP contribution in [0.2, 0.25) is 0 Å². The van der Waals surface area contributed by atoms with Gasteiger partial charge in [0.2, 0.25) is 10.0 Å².